The van der Waals surface area contributed by atoms with Crippen LogP contribution < -0.4 is 19.5 Å². The highest BCUT2D eigenvalue weighted by molar-refractivity contribution is 9.10. The number of pyridine rings is 1. The van der Waals surface area contributed by atoms with Crippen LogP contribution in [0.15, 0.2) is 77.5 Å². The van der Waals surface area contributed by atoms with Crippen molar-refractivity contribution in [3.8, 4) is 28.7 Å². The molecule has 226 valence electrons. The summed E-state index contributed by atoms with van der Waals surface area (Å²) in [6.45, 7) is 3.88. The topological polar surface area (TPSA) is 104 Å². The van der Waals surface area contributed by atoms with E-state index < -0.39 is 11.7 Å². The number of ether oxygens (including phenoxy) is 3. The molecular formula is C32H30BrFN6O4. The normalized spacial score (nSPS) is 13.2. The molecule has 1 N–H and O–H groups in total. The third-order valence-electron chi connectivity index (χ3n) is 7.29. The summed E-state index contributed by atoms with van der Waals surface area (Å²) in [4.78, 5) is 19.7. The van der Waals surface area contributed by atoms with Crippen LogP contribution in [0.3, 0.4) is 0 Å². The zero-order chi connectivity index (χ0) is 30.5. The van der Waals surface area contributed by atoms with Gasteiger partial charge in [-0.1, -0.05) is 21.1 Å². The summed E-state index contributed by atoms with van der Waals surface area (Å²) in [5.74, 6) is 0.326. The summed E-state index contributed by atoms with van der Waals surface area (Å²) in [6.07, 6.45) is 6.54. The molecule has 0 spiro atoms. The van der Waals surface area contributed by atoms with Crippen molar-refractivity contribution >= 4 is 38.4 Å². The van der Waals surface area contributed by atoms with Gasteiger partial charge in [0.2, 0.25) is 0 Å². The van der Waals surface area contributed by atoms with Gasteiger partial charge >= 0.3 is 0 Å². The number of benzene rings is 3. The first-order valence-electron chi connectivity index (χ1n) is 14.3. The molecule has 1 aliphatic rings. The fourth-order valence-corrected chi connectivity index (χ4v) is 5.29. The monoisotopic (exact) mass is 660 g/mol. The Morgan fingerprint density at radius 3 is 2.59 bits per heavy atom. The van der Waals surface area contributed by atoms with Crippen molar-refractivity contribution in [3.63, 3.8) is 0 Å². The van der Waals surface area contributed by atoms with Crippen LogP contribution in [-0.2, 0) is 0 Å². The lowest BCUT2D eigenvalue weighted by Gasteiger charge is -2.16. The van der Waals surface area contributed by atoms with E-state index in [1.807, 2.05) is 24.3 Å². The maximum Gasteiger partial charge on any atom is 0.277 e. The fraction of sp³-hybridized carbons (Fsp3) is 0.250. The highest BCUT2D eigenvalue weighted by atomic mass is 79.9. The molecule has 10 nitrogen and oxygen atoms in total. The Bertz CT molecular complexity index is 1780. The molecule has 0 saturated carbocycles. The fourth-order valence-electron chi connectivity index (χ4n) is 5.03. The van der Waals surface area contributed by atoms with Crippen LogP contribution in [0.2, 0.25) is 0 Å². The molecule has 1 fully saturated rings. The standard InChI is InChI=1S/C32H30BrFN6O4/c1-42-30-18-24-26(19-31(30)43-16-4-15-39-13-2-3-14-39)35-12-11-28(24)44-29-10-7-22(17-25(29)34)36-32(41)27-20-40(38-37-27)23-8-5-21(33)6-9-23/h5-12,17-20H,2-4,13-16H2,1H3,(H,36,41). The average molecular weight is 662 g/mol. The van der Waals surface area contributed by atoms with Crippen molar-refractivity contribution in [3.05, 3.63) is 89.0 Å². The molecule has 5 aromatic rings. The summed E-state index contributed by atoms with van der Waals surface area (Å²) < 4.78 is 35.2. The largest absolute Gasteiger partial charge is 0.493 e. The van der Waals surface area contributed by atoms with E-state index >= 15 is 4.39 Å². The van der Waals surface area contributed by atoms with Gasteiger partial charge in [0, 0.05) is 40.4 Å². The van der Waals surface area contributed by atoms with Crippen LogP contribution in [0, 0.1) is 5.82 Å². The molecule has 1 amide bonds. The summed E-state index contributed by atoms with van der Waals surface area (Å²) in [5, 5.41) is 11.2. The summed E-state index contributed by atoms with van der Waals surface area (Å²) in [5.41, 5.74) is 1.69. The second kappa shape index (κ2) is 13.4. The average Bonchev–Trinajstić information content (AvgIpc) is 3.74. The van der Waals surface area contributed by atoms with Crippen molar-refractivity contribution in [2.45, 2.75) is 19.3 Å². The van der Waals surface area contributed by atoms with Gasteiger partial charge in [-0.15, -0.1) is 5.10 Å². The molecule has 3 heterocycles. The molecule has 0 atom stereocenters. The number of hydrogen-bond donors (Lipinski definition) is 1. The minimum atomic E-state index is -0.656. The van der Waals surface area contributed by atoms with E-state index in [9.17, 15) is 4.79 Å². The molecule has 0 bridgehead atoms. The maximum absolute atomic E-state index is 15.2. The van der Waals surface area contributed by atoms with Crippen molar-refractivity contribution < 1.29 is 23.4 Å². The zero-order valence-electron chi connectivity index (χ0n) is 24.0. The van der Waals surface area contributed by atoms with Gasteiger partial charge in [0.05, 0.1) is 31.1 Å². The number of hydrogen-bond acceptors (Lipinski definition) is 8. The summed E-state index contributed by atoms with van der Waals surface area (Å²) >= 11 is 3.39. The smallest absolute Gasteiger partial charge is 0.277 e. The highest BCUT2D eigenvalue weighted by Crippen LogP contribution is 2.38. The third-order valence-corrected chi connectivity index (χ3v) is 7.82. The lowest BCUT2D eigenvalue weighted by molar-refractivity contribution is 0.102. The van der Waals surface area contributed by atoms with Crippen LogP contribution >= 0.6 is 15.9 Å². The second-order valence-electron chi connectivity index (χ2n) is 10.3. The number of methoxy groups -OCH3 is 1. The van der Waals surface area contributed by atoms with E-state index in [-0.39, 0.29) is 17.1 Å². The molecule has 0 unspecified atom stereocenters. The third kappa shape index (κ3) is 6.81. The van der Waals surface area contributed by atoms with Crippen LogP contribution in [-0.4, -0.2) is 64.1 Å². The lowest BCUT2D eigenvalue weighted by Crippen LogP contribution is -2.21. The van der Waals surface area contributed by atoms with Gasteiger partial charge in [0.15, 0.2) is 28.8 Å². The van der Waals surface area contributed by atoms with Crippen LogP contribution in [0.1, 0.15) is 29.8 Å². The van der Waals surface area contributed by atoms with Gasteiger partial charge in [-0.2, -0.15) is 0 Å². The van der Waals surface area contributed by atoms with Gasteiger partial charge in [-0.05, 0) is 80.9 Å². The predicted molar refractivity (Wildman–Crippen MR) is 168 cm³/mol. The van der Waals surface area contributed by atoms with E-state index in [4.69, 9.17) is 14.2 Å². The maximum atomic E-state index is 15.2. The number of fused-ring (bicyclic) bond motifs is 1. The molecule has 1 saturated heterocycles. The molecular weight excluding hydrogens is 631 g/mol. The molecule has 3 aromatic carbocycles. The number of amides is 1. The van der Waals surface area contributed by atoms with Gasteiger partial charge < -0.3 is 24.4 Å². The molecule has 0 aliphatic carbocycles. The number of carbonyl (C=O) groups is 1. The molecule has 6 rings (SSSR count). The number of rotatable bonds is 11. The number of carbonyl (C=O) groups excluding carboxylic acids is 1. The van der Waals surface area contributed by atoms with Crippen LogP contribution in [0.25, 0.3) is 16.6 Å². The van der Waals surface area contributed by atoms with E-state index in [1.54, 1.807) is 37.6 Å². The minimum Gasteiger partial charge on any atom is -0.493 e. The van der Waals surface area contributed by atoms with Gasteiger partial charge in [-0.3, -0.25) is 9.78 Å². The van der Waals surface area contributed by atoms with Gasteiger partial charge in [0.25, 0.3) is 5.91 Å². The molecule has 12 heteroatoms. The number of likely N-dealkylation sites (tertiary alicyclic amines) is 1. The number of nitrogens with one attached hydrogen (secondary N) is 1. The Hall–Kier alpha value is -4.55. The molecule has 0 radical (unpaired) electrons. The minimum absolute atomic E-state index is 0.0158. The van der Waals surface area contributed by atoms with Crippen molar-refractivity contribution in [2.75, 3.05) is 38.7 Å². The quantitative estimate of drug-likeness (QED) is 0.157. The number of nitrogens with zero attached hydrogens (tertiary/aromatic N) is 5. The Balaban J connectivity index is 1.12. The molecule has 44 heavy (non-hydrogen) atoms. The first kappa shape index (κ1) is 29.5. The van der Waals surface area contributed by atoms with Crippen molar-refractivity contribution in [1.29, 1.82) is 0 Å². The molecule has 2 aromatic heterocycles. The van der Waals surface area contributed by atoms with E-state index in [2.05, 4.69) is 41.4 Å². The van der Waals surface area contributed by atoms with Crippen molar-refractivity contribution in [1.82, 2.24) is 24.9 Å². The number of anilines is 1. The predicted octanol–water partition coefficient (Wildman–Crippen LogP) is 6.64. The van der Waals surface area contributed by atoms with E-state index in [0.29, 0.717) is 34.8 Å². The van der Waals surface area contributed by atoms with Gasteiger partial charge in [-0.25, -0.2) is 9.07 Å². The van der Waals surface area contributed by atoms with Crippen LogP contribution in [0.5, 0.6) is 23.0 Å². The SMILES string of the molecule is COc1cc2c(Oc3ccc(NC(=O)c4cn(-c5ccc(Br)cc5)nn4)cc3F)ccnc2cc1OCCCN1CCCC1. The zero-order valence-corrected chi connectivity index (χ0v) is 25.6. The van der Waals surface area contributed by atoms with E-state index in [1.165, 1.54) is 35.9 Å². The number of halogens is 2. The first-order chi connectivity index (χ1) is 21.5. The Morgan fingerprint density at radius 2 is 1.82 bits per heavy atom. The Morgan fingerprint density at radius 1 is 1.00 bits per heavy atom. The summed E-state index contributed by atoms with van der Waals surface area (Å²) in [6, 6.07) is 16.8. The Labute approximate surface area is 261 Å². The highest BCUT2D eigenvalue weighted by Gasteiger charge is 2.17. The summed E-state index contributed by atoms with van der Waals surface area (Å²) in [7, 11) is 1.57. The van der Waals surface area contributed by atoms with E-state index in [0.717, 1.165) is 36.2 Å². The van der Waals surface area contributed by atoms with Crippen LogP contribution in [0.4, 0.5) is 10.1 Å². The van der Waals surface area contributed by atoms with Gasteiger partial charge in [0.1, 0.15) is 5.75 Å². The molecule has 1 aliphatic heterocycles. The first-order valence-corrected chi connectivity index (χ1v) is 15.0. The second-order valence-corrected chi connectivity index (χ2v) is 11.2. The Kier molecular flexibility index (Phi) is 8.99. The number of aromatic nitrogens is 4. The van der Waals surface area contributed by atoms with Crippen molar-refractivity contribution in [2.24, 2.45) is 0 Å². The lowest BCUT2D eigenvalue weighted by atomic mass is 10.1.